The van der Waals surface area contributed by atoms with Gasteiger partial charge in [-0.3, -0.25) is 14.4 Å². The maximum absolute atomic E-state index is 12.9. The zero-order valence-electron chi connectivity index (χ0n) is 14.6. The molecule has 1 aromatic carbocycles. The van der Waals surface area contributed by atoms with Crippen LogP contribution >= 0.6 is 15.9 Å². The number of hydrogen-bond donors (Lipinski definition) is 2. The number of carbonyl (C=O) groups excluding carboxylic acids is 3. The van der Waals surface area contributed by atoms with E-state index in [1.807, 2.05) is 20.8 Å². The third-order valence-corrected chi connectivity index (χ3v) is 4.88. The van der Waals surface area contributed by atoms with Gasteiger partial charge in [-0.15, -0.1) is 0 Å². The first-order valence-electron chi connectivity index (χ1n) is 8.35. The van der Waals surface area contributed by atoms with Crippen molar-refractivity contribution >= 4 is 39.3 Å². The summed E-state index contributed by atoms with van der Waals surface area (Å²) in [7, 11) is 0. The van der Waals surface area contributed by atoms with Crippen LogP contribution < -0.4 is 10.6 Å². The summed E-state index contributed by atoms with van der Waals surface area (Å²) >= 11 is 3.36. The van der Waals surface area contributed by atoms with Crippen LogP contribution in [0.25, 0.3) is 0 Å². The Balaban J connectivity index is 1.77. The lowest BCUT2D eigenvalue weighted by atomic mass is 9.92. The van der Waals surface area contributed by atoms with E-state index in [-0.39, 0.29) is 29.2 Å². The highest BCUT2D eigenvalue weighted by Crippen LogP contribution is 2.31. The highest BCUT2D eigenvalue weighted by molar-refractivity contribution is 9.10. The van der Waals surface area contributed by atoms with Crippen molar-refractivity contribution in [3.05, 3.63) is 28.2 Å². The van der Waals surface area contributed by atoms with Gasteiger partial charge in [0.25, 0.3) is 5.91 Å². The molecule has 2 atom stereocenters. The summed E-state index contributed by atoms with van der Waals surface area (Å²) in [6.07, 6.45) is 0.840. The molecule has 0 radical (unpaired) electrons. The molecular weight excluding hydrogens is 386 g/mol. The van der Waals surface area contributed by atoms with Gasteiger partial charge in [0.15, 0.2) is 0 Å². The van der Waals surface area contributed by atoms with Crippen LogP contribution in [0.3, 0.4) is 0 Å². The first kappa shape index (κ1) is 17.9. The third kappa shape index (κ3) is 3.86. The number of benzene rings is 1. The van der Waals surface area contributed by atoms with Crippen molar-refractivity contribution in [3.8, 4) is 0 Å². The zero-order chi connectivity index (χ0) is 18.4. The van der Waals surface area contributed by atoms with Gasteiger partial charge in [0.1, 0.15) is 6.04 Å². The lowest BCUT2D eigenvalue weighted by Gasteiger charge is -2.21. The quantitative estimate of drug-likeness (QED) is 0.790. The Bertz CT molecular complexity index is 742. The topological polar surface area (TPSA) is 78.5 Å². The number of nitrogens with one attached hydrogen (secondary N) is 2. The predicted molar refractivity (Wildman–Crippen MR) is 98.2 cm³/mol. The van der Waals surface area contributed by atoms with Crippen molar-refractivity contribution in [2.75, 3.05) is 11.9 Å². The lowest BCUT2D eigenvalue weighted by molar-refractivity contribution is -0.123. The van der Waals surface area contributed by atoms with Crippen molar-refractivity contribution in [2.45, 2.75) is 45.7 Å². The molecule has 3 amide bonds. The average molecular weight is 408 g/mol. The molecule has 0 spiro atoms. The van der Waals surface area contributed by atoms with E-state index in [4.69, 9.17) is 0 Å². The van der Waals surface area contributed by atoms with Crippen molar-refractivity contribution in [2.24, 2.45) is 5.41 Å². The van der Waals surface area contributed by atoms with E-state index >= 15 is 0 Å². The molecule has 2 aliphatic rings. The summed E-state index contributed by atoms with van der Waals surface area (Å²) < 4.78 is 0.779. The minimum atomic E-state index is -0.557. The van der Waals surface area contributed by atoms with E-state index in [0.29, 0.717) is 30.6 Å². The summed E-state index contributed by atoms with van der Waals surface area (Å²) in [6, 6.07) is 4.46. The summed E-state index contributed by atoms with van der Waals surface area (Å²) in [5.41, 5.74) is 0.888. The second-order valence-corrected chi connectivity index (χ2v) is 8.81. The van der Waals surface area contributed by atoms with E-state index < -0.39 is 6.04 Å². The number of hydrogen-bond acceptors (Lipinski definition) is 3. The first-order chi connectivity index (χ1) is 11.6. The molecule has 2 heterocycles. The molecule has 2 N–H and O–H groups in total. The molecule has 0 aromatic heterocycles. The summed E-state index contributed by atoms with van der Waals surface area (Å²) in [5.74, 6) is -0.444. The lowest BCUT2D eigenvalue weighted by Crippen LogP contribution is -2.41. The number of amides is 3. The van der Waals surface area contributed by atoms with Crippen molar-refractivity contribution < 1.29 is 14.4 Å². The number of fused-ring (bicyclic) bond motifs is 2. The second-order valence-electron chi connectivity index (χ2n) is 7.89. The molecule has 0 bridgehead atoms. The van der Waals surface area contributed by atoms with Crippen LogP contribution in [-0.4, -0.2) is 41.2 Å². The highest BCUT2D eigenvalue weighted by atomic mass is 79.9. The molecule has 1 aromatic rings. The Morgan fingerprint density at radius 1 is 1.36 bits per heavy atom. The smallest absolute Gasteiger partial charge is 0.256 e. The Morgan fingerprint density at radius 2 is 2.08 bits per heavy atom. The van der Waals surface area contributed by atoms with Gasteiger partial charge >= 0.3 is 0 Å². The Morgan fingerprint density at radius 3 is 2.76 bits per heavy atom. The van der Waals surface area contributed by atoms with E-state index in [9.17, 15) is 14.4 Å². The van der Waals surface area contributed by atoms with Gasteiger partial charge < -0.3 is 15.5 Å². The van der Waals surface area contributed by atoms with Gasteiger partial charge in [-0.1, -0.05) is 36.7 Å². The first-order valence-corrected chi connectivity index (χ1v) is 9.14. The number of anilines is 1. The van der Waals surface area contributed by atoms with Crippen molar-refractivity contribution in [1.29, 1.82) is 0 Å². The number of carbonyl (C=O) groups is 3. The van der Waals surface area contributed by atoms with Crippen molar-refractivity contribution in [1.82, 2.24) is 10.2 Å². The van der Waals surface area contributed by atoms with Crippen LogP contribution in [0.2, 0.25) is 0 Å². The summed E-state index contributed by atoms with van der Waals surface area (Å²) in [6.45, 7) is 6.35. The molecule has 6 nitrogen and oxygen atoms in total. The molecular formula is C18H22BrN3O3. The molecule has 0 saturated carbocycles. The molecule has 1 fully saturated rings. The zero-order valence-corrected chi connectivity index (χ0v) is 16.1. The van der Waals surface area contributed by atoms with E-state index in [0.717, 1.165) is 4.47 Å². The molecule has 1 saturated heterocycles. The third-order valence-electron chi connectivity index (χ3n) is 4.39. The fourth-order valence-corrected chi connectivity index (χ4v) is 3.71. The molecule has 3 rings (SSSR count). The van der Waals surface area contributed by atoms with Gasteiger partial charge in [-0.2, -0.15) is 0 Å². The van der Waals surface area contributed by atoms with Crippen molar-refractivity contribution in [3.63, 3.8) is 0 Å². The largest absolute Gasteiger partial charge is 0.351 e. The maximum Gasteiger partial charge on any atom is 0.256 e. The van der Waals surface area contributed by atoms with Crippen LogP contribution in [0, 0.1) is 5.41 Å². The van der Waals surface area contributed by atoms with E-state index in [1.165, 1.54) is 0 Å². The van der Waals surface area contributed by atoms with Gasteiger partial charge in [-0.25, -0.2) is 0 Å². The molecule has 25 heavy (non-hydrogen) atoms. The van der Waals surface area contributed by atoms with Crippen LogP contribution in [0.15, 0.2) is 22.7 Å². The Hall–Kier alpha value is -1.89. The second kappa shape index (κ2) is 6.44. The van der Waals surface area contributed by atoms with Crippen LogP contribution in [0.5, 0.6) is 0 Å². The summed E-state index contributed by atoms with van der Waals surface area (Å²) in [4.78, 5) is 39.1. The molecule has 0 unspecified atom stereocenters. The van der Waals surface area contributed by atoms with Crippen LogP contribution in [0.1, 0.15) is 44.0 Å². The minimum Gasteiger partial charge on any atom is -0.351 e. The number of halogens is 1. The highest BCUT2D eigenvalue weighted by Gasteiger charge is 2.43. The fraction of sp³-hybridized carbons (Fsp3) is 0.500. The van der Waals surface area contributed by atoms with Gasteiger partial charge in [0.05, 0.1) is 11.3 Å². The van der Waals surface area contributed by atoms with Crippen LogP contribution in [0.4, 0.5) is 5.69 Å². The molecule has 7 heteroatoms. The normalized spacial score (nSPS) is 22.8. The maximum atomic E-state index is 12.9. The molecule has 2 aliphatic heterocycles. The monoisotopic (exact) mass is 407 g/mol. The average Bonchev–Trinajstić information content (AvgIpc) is 2.86. The minimum absolute atomic E-state index is 0.0499. The Labute approximate surface area is 155 Å². The Kier molecular flexibility index (Phi) is 4.62. The molecule has 134 valence electrons. The standard InChI is InChI=1S/C18H22BrN3O3/c1-18(2,3)8-15(23)20-11-7-14-16(24)21-13-5-4-10(19)6-12(13)17(25)22(14)9-11/h4-6,11,14H,7-9H2,1-3H3,(H,20,23)(H,21,24)/t11-,14-/m1/s1. The van der Waals surface area contributed by atoms with Gasteiger partial charge in [-0.05, 0) is 30.0 Å². The van der Waals surface area contributed by atoms with Gasteiger partial charge in [0, 0.05) is 23.5 Å². The number of rotatable bonds is 2. The van der Waals surface area contributed by atoms with E-state index in [2.05, 4.69) is 26.6 Å². The van der Waals surface area contributed by atoms with Crippen LogP contribution in [-0.2, 0) is 9.59 Å². The molecule has 0 aliphatic carbocycles. The summed E-state index contributed by atoms with van der Waals surface area (Å²) in [5, 5.41) is 5.80. The van der Waals surface area contributed by atoms with Gasteiger partial charge in [0.2, 0.25) is 11.8 Å². The number of nitrogens with zero attached hydrogens (tertiary/aromatic N) is 1. The fourth-order valence-electron chi connectivity index (χ4n) is 3.35. The SMILES string of the molecule is CC(C)(C)CC(=O)N[C@@H]1C[C@@H]2C(=O)Nc3ccc(Br)cc3C(=O)N2C1. The predicted octanol–water partition coefficient (Wildman–Crippen LogP) is 2.54. The van der Waals surface area contributed by atoms with E-state index in [1.54, 1.807) is 23.1 Å².